The molecule has 0 saturated heterocycles. The van der Waals surface area contributed by atoms with Gasteiger partial charge >= 0.3 is 0 Å². The number of hydrogen-bond acceptors (Lipinski definition) is 8. The number of rotatable bonds is 8. The summed E-state index contributed by atoms with van der Waals surface area (Å²) in [6, 6.07) is 9.66. The molecule has 1 aromatic carbocycles. The number of hydrogen-bond donors (Lipinski definition) is 1. The van der Waals surface area contributed by atoms with Crippen LogP contribution in [0.1, 0.15) is 5.89 Å². The molecule has 0 radical (unpaired) electrons. The lowest BCUT2D eigenvalue weighted by Crippen LogP contribution is -2.38. The molecule has 2 heterocycles. The van der Waals surface area contributed by atoms with E-state index >= 15 is 0 Å². The van der Waals surface area contributed by atoms with Crippen molar-refractivity contribution in [1.82, 2.24) is 19.8 Å². The van der Waals surface area contributed by atoms with Gasteiger partial charge in [0, 0.05) is 7.05 Å². The van der Waals surface area contributed by atoms with Crippen molar-refractivity contribution in [3.8, 4) is 16.5 Å². The Morgan fingerprint density at radius 1 is 1.29 bits per heavy atom. The molecule has 0 bridgehead atoms. The third-order valence-corrected chi connectivity index (χ3v) is 6.46. The smallest absolute Gasteiger partial charge is 0.246 e. The Balaban J connectivity index is 1.56. The number of carbonyl (C=O) groups is 1. The van der Waals surface area contributed by atoms with Crippen LogP contribution < -0.4 is 10.1 Å². The Bertz CT molecular complexity index is 1030. The van der Waals surface area contributed by atoms with Gasteiger partial charge < -0.3 is 14.6 Å². The molecule has 0 saturated carbocycles. The van der Waals surface area contributed by atoms with Gasteiger partial charge in [-0.05, 0) is 35.7 Å². The topological polar surface area (TPSA) is 115 Å². The molecule has 2 aromatic heterocycles. The Kier molecular flexibility index (Phi) is 6.07. The lowest BCUT2D eigenvalue weighted by atomic mass is 10.3. The molecule has 0 spiro atoms. The van der Waals surface area contributed by atoms with Crippen LogP contribution >= 0.6 is 11.3 Å². The summed E-state index contributed by atoms with van der Waals surface area (Å²) in [7, 11) is -0.974. The quantitative estimate of drug-likeness (QED) is 0.588. The van der Waals surface area contributed by atoms with E-state index in [1.54, 1.807) is 12.1 Å². The summed E-state index contributed by atoms with van der Waals surface area (Å²) in [6.45, 7) is -0.339. The highest BCUT2D eigenvalue weighted by molar-refractivity contribution is 7.89. The van der Waals surface area contributed by atoms with E-state index in [0.717, 1.165) is 9.18 Å². The van der Waals surface area contributed by atoms with Gasteiger partial charge in [-0.25, -0.2) is 8.42 Å². The summed E-state index contributed by atoms with van der Waals surface area (Å²) >= 11 is 1.47. The molecule has 1 amide bonds. The van der Waals surface area contributed by atoms with Crippen molar-refractivity contribution in [2.75, 3.05) is 20.7 Å². The summed E-state index contributed by atoms with van der Waals surface area (Å²) in [4.78, 5) is 17.2. The molecule has 0 unspecified atom stereocenters. The standard InChI is InChI=1S/C17H18N4O5S2/c1-21(28(23,24)13-7-5-12(25-2)6-8-13)11-15(22)18-10-16-19-17(20-26-16)14-4-3-9-27-14/h3-9H,10-11H2,1-2H3,(H,18,22). The van der Waals surface area contributed by atoms with Gasteiger partial charge in [0.25, 0.3) is 0 Å². The van der Waals surface area contributed by atoms with E-state index in [-0.39, 0.29) is 23.9 Å². The zero-order valence-corrected chi connectivity index (χ0v) is 16.8. The molecule has 148 valence electrons. The first kappa shape index (κ1) is 20.0. The van der Waals surface area contributed by atoms with Crippen molar-refractivity contribution in [3.05, 3.63) is 47.7 Å². The van der Waals surface area contributed by atoms with E-state index in [4.69, 9.17) is 9.26 Å². The maximum absolute atomic E-state index is 12.5. The van der Waals surface area contributed by atoms with E-state index < -0.39 is 15.9 Å². The van der Waals surface area contributed by atoms with Gasteiger partial charge in [-0.1, -0.05) is 11.2 Å². The Labute approximate surface area is 166 Å². The van der Waals surface area contributed by atoms with Gasteiger partial charge in [-0.2, -0.15) is 9.29 Å². The summed E-state index contributed by atoms with van der Waals surface area (Å²) in [6.07, 6.45) is 0. The first-order chi connectivity index (χ1) is 13.4. The van der Waals surface area contributed by atoms with Crippen molar-refractivity contribution < 1.29 is 22.5 Å². The van der Waals surface area contributed by atoms with Gasteiger partial charge in [0.2, 0.25) is 27.6 Å². The van der Waals surface area contributed by atoms with Crippen LogP contribution in [0.25, 0.3) is 10.7 Å². The van der Waals surface area contributed by atoms with Crippen LogP contribution in [0.2, 0.25) is 0 Å². The van der Waals surface area contributed by atoms with Gasteiger partial charge in [-0.15, -0.1) is 11.3 Å². The molecule has 3 rings (SSSR count). The highest BCUT2D eigenvalue weighted by Crippen LogP contribution is 2.21. The van der Waals surface area contributed by atoms with Gasteiger partial charge in [-0.3, -0.25) is 4.79 Å². The summed E-state index contributed by atoms with van der Waals surface area (Å²) in [5, 5.41) is 8.31. The lowest BCUT2D eigenvalue weighted by Gasteiger charge is -2.16. The Morgan fingerprint density at radius 3 is 2.68 bits per heavy atom. The Hall–Kier alpha value is -2.76. The number of likely N-dealkylation sites (N-methyl/N-ethyl adjacent to an activating group) is 1. The summed E-state index contributed by atoms with van der Waals surface area (Å²) < 4.78 is 36.2. The monoisotopic (exact) mass is 422 g/mol. The molecule has 0 aliphatic rings. The Morgan fingerprint density at radius 2 is 2.04 bits per heavy atom. The molecule has 0 aliphatic carbocycles. The summed E-state index contributed by atoms with van der Waals surface area (Å²) in [5.74, 6) is 0.729. The van der Waals surface area contributed by atoms with E-state index in [0.29, 0.717) is 11.6 Å². The number of thiophene rings is 1. The van der Waals surface area contributed by atoms with Crippen LogP contribution in [-0.4, -0.2) is 49.5 Å². The highest BCUT2D eigenvalue weighted by atomic mass is 32.2. The molecule has 0 atom stereocenters. The second kappa shape index (κ2) is 8.50. The maximum Gasteiger partial charge on any atom is 0.246 e. The fourth-order valence-electron chi connectivity index (χ4n) is 2.28. The van der Waals surface area contributed by atoms with Crippen LogP contribution in [0.3, 0.4) is 0 Å². The van der Waals surface area contributed by atoms with Crippen molar-refractivity contribution in [2.24, 2.45) is 0 Å². The fraction of sp³-hybridized carbons (Fsp3) is 0.235. The van der Waals surface area contributed by atoms with Crippen molar-refractivity contribution in [3.63, 3.8) is 0 Å². The van der Waals surface area contributed by atoms with Crippen molar-refractivity contribution in [1.29, 1.82) is 0 Å². The van der Waals surface area contributed by atoms with Crippen LogP contribution in [0.4, 0.5) is 0 Å². The minimum Gasteiger partial charge on any atom is -0.497 e. The highest BCUT2D eigenvalue weighted by Gasteiger charge is 2.23. The predicted octanol–water partition coefficient (Wildman–Crippen LogP) is 1.74. The molecular formula is C17H18N4O5S2. The molecule has 3 aromatic rings. The second-order valence-electron chi connectivity index (χ2n) is 5.70. The molecule has 1 N–H and O–H groups in total. The number of sulfonamides is 1. The number of aromatic nitrogens is 2. The summed E-state index contributed by atoms with van der Waals surface area (Å²) in [5.41, 5.74) is 0. The number of methoxy groups -OCH3 is 1. The fourth-order valence-corrected chi connectivity index (χ4v) is 4.05. The SMILES string of the molecule is COc1ccc(S(=O)(=O)N(C)CC(=O)NCc2nc(-c3cccs3)no2)cc1. The maximum atomic E-state index is 12.5. The predicted molar refractivity (Wildman–Crippen MR) is 102 cm³/mol. The lowest BCUT2D eigenvalue weighted by molar-refractivity contribution is -0.121. The van der Waals surface area contributed by atoms with Crippen LogP contribution in [-0.2, 0) is 21.4 Å². The number of benzene rings is 1. The number of ether oxygens (including phenoxy) is 1. The first-order valence-corrected chi connectivity index (χ1v) is 10.5. The number of nitrogens with one attached hydrogen (secondary N) is 1. The van der Waals surface area contributed by atoms with E-state index in [9.17, 15) is 13.2 Å². The minimum absolute atomic E-state index is 0.00757. The van der Waals surface area contributed by atoms with Crippen LogP contribution in [0.5, 0.6) is 5.75 Å². The van der Waals surface area contributed by atoms with Gasteiger partial charge in [0.1, 0.15) is 5.75 Å². The molecule has 28 heavy (non-hydrogen) atoms. The third kappa shape index (κ3) is 4.55. The van der Waals surface area contributed by atoms with Gasteiger partial charge in [0.05, 0.1) is 30.0 Å². The number of carbonyl (C=O) groups excluding carboxylic acids is 1. The average molecular weight is 422 g/mol. The normalized spacial score (nSPS) is 11.5. The first-order valence-electron chi connectivity index (χ1n) is 8.13. The van der Waals surface area contributed by atoms with Crippen LogP contribution in [0, 0.1) is 0 Å². The molecule has 9 nitrogen and oxygen atoms in total. The number of amides is 1. The van der Waals surface area contributed by atoms with E-state index in [1.807, 2.05) is 17.5 Å². The third-order valence-electron chi connectivity index (χ3n) is 3.78. The van der Waals surface area contributed by atoms with Crippen molar-refractivity contribution >= 4 is 27.3 Å². The average Bonchev–Trinajstić information content (AvgIpc) is 3.38. The molecule has 0 aliphatic heterocycles. The molecule has 0 fully saturated rings. The molecular weight excluding hydrogens is 404 g/mol. The second-order valence-corrected chi connectivity index (χ2v) is 8.69. The van der Waals surface area contributed by atoms with Crippen molar-refractivity contribution in [2.45, 2.75) is 11.4 Å². The van der Waals surface area contributed by atoms with E-state index in [2.05, 4.69) is 15.5 Å². The zero-order chi connectivity index (χ0) is 20.1. The van der Waals surface area contributed by atoms with E-state index in [1.165, 1.54) is 37.6 Å². The molecule has 11 heteroatoms. The number of nitrogens with zero attached hydrogens (tertiary/aromatic N) is 3. The van der Waals surface area contributed by atoms with Crippen LogP contribution in [0.15, 0.2) is 51.2 Å². The zero-order valence-electron chi connectivity index (χ0n) is 15.2. The minimum atomic E-state index is -3.80. The largest absolute Gasteiger partial charge is 0.497 e. The van der Waals surface area contributed by atoms with Gasteiger partial charge in [0.15, 0.2) is 0 Å².